The van der Waals surface area contributed by atoms with Gasteiger partial charge in [0, 0.05) is 38.1 Å². The Labute approximate surface area is 176 Å². The van der Waals surface area contributed by atoms with Crippen molar-refractivity contribution in [3.8, 4) is 0 Å². The summed E-state index contributed by atoms with van der Waals surface area (Å²) in [6.45, 7) is 3.48. The van der Waals surface area contributed by atoms with Crippen LogP contribution in [0.3, 0.4) is 0 Å². The first-order chi connectivity index (χ1) is 14.5. The molecule has 3 aromatic rings. The van der Waals surface area contributed by atoms with Crippen molar-refractivity contribution in [1.29, 1.82) is 0 Å². The highest BCUT2D eigenvalue weighted by molar-refractivity contribution is 7.93. The Balaban J connectivity index is 1.28. The molecule has 2 aliphatic rings. The van der Waals surface area contributed by atoms with Crippen molar-refractivity contribution in [2.24, 2.45) is 0 Å². The number of carbonyl (C=O) groups is 1. The molecule has 30 heavy (non-hydrogen) atoms. The van der Waals surface area contributed by atoms with Crippen LogP contribution in [-0.2, 0) is 21.4 Å². The van der Waals surface area contributed by atoms with Crippen molar-refractivity contribution in [3.05, 3.63) is 72.3 Å². The molecule has 0 aromatic heterocycles. The molecule has 7 heteroatoms. The summed E-state index contributed by atoms with van der Waals surface area (Å²) in [5, 5.41) is 1.58. The van der Waals surface area contributed by atoms with Crippen molar-refractivity contribution in [2.45, 2.75) is 11.4 Å². The summed E-state index contributed by atoms with van der Waals surface area (Å²) < 4.78 is 27.4. The summed E-state index contributed by atoms with van der Waals surface area (Å²) in [7, 11) is -3.71. The van der Waals surface area contributed by atoms with Gasteiger partial charge in [0.15, 0.2) is 0 Å². The molecule has 2 heterocycles. The number of nitrogens with zero attached hydrogens (tertiary/aromatic N) is 3. The number of hydrogen-bond donors (Lipinski definition) is 0. The zero-order valence-corrected chi connectivity index (χ0v) is 17.4. The van der Waals surface area contributed by atoms with Crippen molar-refractivity contribution in [2.75, 3.05) is 37.0 Å². The van der Waals surface area contributed by atoms with E-state index in [0.717, 1.165) is 25.0 Å². The van der Waals surface area contributed by atoms with E-state index in [9.17, 15) is 13.2 Å². The van der Waals surface area contributed by atoms with Crippen molar-refractivity contribution < 1.29 is 13.2 Å². The molecule has 1 amide bonds. The number of piperazine rings is 1. The minimum atomic E-state index is -3.71. The molecule has 6 nitrogen and oxygen atoms in total. The number of benzene rings is 3. The molecular formula is C23H23N3O3S. The lowest BCUT2D eigenvalue weighted by atomic mass is 10.1. The maximum atomic E-state index is 13.1. The fraction of sp³-hybridized carbons (Fsp3) is 0.261. The van der Waals surface area contributed by atoms with Gasteiger partial charge in [-0.1, -0.05) is 54.6 Å². The lowest BCUT2D eigenvalue weighted by Gasteiger charge is -2.35. The second kappa shape index (κ2) is 7.41. The van der Waals surface area contributed by atoms with E-state index in [0.29, 0.717) is 24.2 Å². The molecule has 2 aliphatic heterocycles. The van der Waals surface area contributed by atoms with Crippen LogP contribution in [-0.4, -0.2) is 56.8 Å². The van der Waals surface area contributed by atoms with E-state index in [4.69, 9.17) is 0 Å². The fourth-order valence-corrected chi connectivity index (χ4v) is 6.01. The lowest BCUT2D eigenvalue weighted by molar-refractivity contribution is -0.131. The third-order valence-corrected chi connectivity index (χ3v) is 7.74. The van der Waals surface area contributed by atoms with Gasteiger partial charge in [-0.15, -0.1) is 0 Å². The van der Waals surface area contributed by atoms with E-state index in [2.05, 4.69) is 17.0 Å². The third kappa shape index (κ3) is 3.24. The normalized spacial score (nSPS) is 18.1. The Morgan fingerprint density at radius 1 is 0.833 bits per heavy atom. The summed E-state index contributed by atoms with van der Waals surface area (Å²) in [6.07, 6.45) is 0. The highest BCUT2D eigenvalue weighted by Crippen LogP contribution is 2.41. The van der Waals surface area contributed by atoms with Crippen LogP contribution in [0.2, 0.25) is 0 Å². The van der Waals surface area contributed by atoms with Gasteiger partial charge in [-0.05, 0) is 23.1 Å². The number of sulfonamides is 1. The van der Waals surface area contributed by atoms with E-state index in [-0.39, 0.29) is 17.3 Å². The molecule has 5 rings (SSSR count). The average Bonchev–Trinajstić information content (AvgIpc) is 2.98. The topological polar surface area (TPSA) is 60.9 Å². The molecular weight excluding hydrogens is 398 g/mol. The molecule has 0 unspecified atom stereocenters. The molecule has 0 atom stereocenters. The molecule has 0 aliphatic carbocycles. The second-order valence-corrected chi connectivity index (χ2v) is 9.62. The number of rotatable bonds is 4. The van der Waals surface area contributed by atoms with Crippen LogP contribution in [0.1, 0.15) is 5.56 Å². The zero-order chi connectivity index (χ0) is 20.7. The van der Waals surface area contributed by atoms with Gasteiger partial charge in [0.1, 0.15) is 6.54 Å². The van der Waals surface area contributed by atoms with Crippen LogP contribution in [0, 0.1) is 0 Å². The van der Waals surface area contributed by atoms with Gasteiger partial charge >= 0.3 is 0 Å². The Morgan fingerprint density at radius 3 is 2.27 bits per heavy atom. The molecule has 0 bridgehead atoms. The number of carbonyl (C=O) groups excluding carboxylic acids is 1. The van der Waals surface area contributed by atoms with E-state index in [1.807, 2.05) is 36.4 Å². The van der Waals surface area contributed by atoms with Crippen LogP contribution >= 0.6 is 0 Å². The standard InChI is InChI=1S/C23H23N3O3S/c27-22(25-14-12-24(13-15-25)16-18-6-2-1-3-7-18)17-26-20-10-4-8-19-9-5-11-21(23(19)20)30(26,28)29/h1-11H,12-17H2. The fourth-order valence-electron chi connectivity index (χ4n) is 4.35. The van der Waals surface area contributed by atoms with Crippen molar-refractivity contribution >= 4 is 32.4 Å². The van der Waals surface area contributed by atoms with Crippen LogP contribution in [0.4, 0.5) is 5.69 Å². The summed E-state index contributed by atoms with van der Waals surface area (Å²) >= 11 is 0. The predicted molar refractivity (Wildman–Crippen MR) is 117 cm³/mol. The van der Waals surface area contributed by atoms with E-state index in [1.165, 1.54) is 9.87 Å². The van der Waals surface area contributed by atoms with Crippen molar-refractivity contribution in [1.82, 2.24) is 9.80 Å². The van der Waals surface area contributed by atoms with Gasteiger partial charge < -0.3 is 4.90 Å². The van der Waals surface area contributed by atoms with Crippen LogP contribution < -0.4 is 4.31 Å². The maximum absolute atomic E-state index is 13.1. The predicted octanol–water partition coefficient (Wildman–Crippen LogP) is 2.69. The summed E-state index contributed by atoms with van der Waals surface area (Å²) in [4.78, 5) is 17.4. The Bertz CT molecular complexity index is 1200. The molecule has 0 saturated carbocycles. The first kappa shape index (κ1) is 19.1. The van der Waals surface area contributed by atoms with Gasteiger partial charge in [0.05, 0.1) is 10.6 Å². The lowest BCUT2D eigenvalue weighted by Crippen LogP contribution is -2.51. The van der Waals surface area contributed by atoms with Crippen molar-refractivity contribution in [3.63, 3.8) is 0 Å². The van der Waals surface area contributed by atoms with Crippen LogP contribution in [0.15, 0.2) is 71.6 Å². The first-order valence-electron chi connectivity index (χ1n) is 10.1. The molecule has 1 fully saturated rings. The number of hydrogen-bond acceptors (Lipinski definition) is 4. The van der Waals surface area contributed by atoms with Crippen LogP contribution in [0.5, 0.6) is 0 Å². The van der Waals surface area contributed by atoms with Gasteiger partial charge in [-0.3, -0.25) is 14.0 Å². The molecule has 154 valence electrons. The Hall–Kier alpha value is -2.90. The monoisotopic (exact) mass is 421 g/mol. The van der Waals surface area contributed by atoms with Gasteiger partial charge in [-0.25, -0.2) is 8.42 Å². The molecule has 0 spiro atoms. The summed E-state index contributed by atoms with van der Waals surface area (Å²) in [5.41, 5.74) is 1.85. The van der Waals surface area contributed by atoms with E-state index < -0.39 is 10.0 Å². The Morgan fingerprint density at radius 2 is 1.53 bits per heavy atom. The maximum Gasteiger partial charge on any atom is 0.265 e. The minimum absolute atomic E-state index is 0.150. The smallest absolute Gasteiger partial charge is 0.265 e. The quantitative estimate of drug-likeness (QED) is 0.650. The first-order valence-corrected chi connectivity index (χ1v) is 11.6. The molecule has 0 radical (unpaired) electrons. The van der Waals surface area contributed by atoms with Gasteiger partial charge in [-0.2, -0.15) is 0 Å². The van der Waals surface area contributed by atoms with Gasteiger partial charge in [0.2, 0.25) is 5.91 Å². The molecule has 1 saturated heterocycles. The van der Waals surface area contributed by atoms with Gasteiger partial charge in [0.25, 0.3) is 10.0 Å². The SMILES string of the molecule is O=C(CN1c2cccc3cccc(c23)S1(=O)=O)N1CCN(Cc2ccccc2)CC1. The summed E-state index contributed by atoms with van der Waals surface area (Å²) in [6, 6.07) is 21.1. The minimum Gasteiger partial charge on any atom is -0.339 e. The van der Waals surface area contributed by atoms with E-state index in [1.54, 1.807) is 23.1 Å². The van der Waals surface area contributed by atoms with Crippen LogP contribution in [0.25, 0.3) is 10.8 Å². The highest BCUT2D eigenvalue weighted by atomic mass is 32.2. The second-order valence-electron chi connectivity index (χ2n) is 7.79. The largest absolute Gasteiger partial charge is 0.339 e. The third-order valence-electron chi connectivity index (χ3n) is 5.93. The summed E-state index contributed by atoms with van der Waals surface area (Å²) in [5.74, 6) is -0.150. The zero-order valence-electron chi connectivity index (χ0n) is 16.6. The highest BCUT2D eigenvalue weighted by Gasteiger charge is 2.37. The molecule has 0 N–H and O–H groups in total. The molecule has 3 aromatic carbocycles. The number of anilines is 1. The average molecular weight is 422 g/mol. The Kier molecular flexibility index (Phi) is 4.72. The number of amides is 1. The van der Waals surface area contributed by atoms with E-state index >= 15 is 0 Å².